The van der Waals surface area contributed by atoms with Crippen molar-refractivity contribution in [2.75, 3.05) is 20.8 Å². The Morgan fingerprint density at radius 3 is 2.76 bits per heavy atom. The van der Waals surface area contributed by atoms with E-state index in [4.69, 9.17) is 14.2 Å². The molecule has 7 nitrogen and oxygen atoms in total. The van der Waals surface area contributed by atoms with Gasteiger partial charge in [-0.1, -0.05) is 12.1 Å². The topological polar surface area (TPSA) is 65.3 Å². The molecule has 0 aliphatic carbocycles. The molecule has 1 aliphatic rings. The summed E-state index contributed by atoms with van der Waals surface area (Å²) in [7, 11) is 3.27. The van der Waals surface area contributed by atoms with E-state index in [9.17, 15) is 4.79 Å². The fourth-order valence-electron chi connectivity index (χ4n) is 4.53. The lowest BCUT2D eigenvalue weighted by atomic mass is 10.0. The van der Waals surface area contributed by atoms with Crippen molar-refractivity contribution in [2.24, 2.45) is 0 Å². The third-order valence-electron chi connectivity index (χ3n) is 6.19. The number of carbonyl (C=O) groups excluding carboxylic acids is 1. The molecule has 7 heteroatoms. The molecule has 1 amide bonds. The van der Waals surface area contributed by atoms with Gasteiger partial charge in [-0.05, 0) is 55.3 Å². The summed E-state index contributed by atoms with van der Waals surface area (Å²) < 4.78 is 18.9. The fraction of sp³-hybridized carbons (Fsp3) is 0.259. The summed E-state index contributed by atoms with van der Waals surface area (Å²) in [6, 6.07) is 18.9. The maximum Gasteiger partial charge on any atom is 0.254 e. The van der Waals surface area contributed by atoms with E-state index in [0.29, 0.717) is 24.5 Å². The van der Waals surface area contributed by atoms with Gasteiger partial charge < -0.3 is 23.5 Å². The van der Waals surface area contributed by atoms with Crippen LogP contribution in [0.25, 0.3) is 5.65 Å². The van der Waals surface area contributed by atoms with Gasteiger partial charge in [0.1, 0.15) is 29.5 Å². The number of methoxy groups -OCH3 is 2. The highest BCUT2D eigenvalue weighted by molar-refractivity contribution is 5.95. The summed E-state index contributed by atoms with van der Waals surface area (Å²) in [6.07, 6.45) is 5.73. The smallest absolute Gasteiger partial charge is 0.254 e. The zero-order valence-electron chi connectivity index (χ0n) is 19.3. The van der Waals surface area contributed by atoms with Crippen molar-refractivity contribution in [1.29, 1.82) is 0 Å². The van der Waals surface area contributed by atoms with Crippen molar-refractivity contribution in [3.8, 4) is 17.2 Å². The number of pyridine rings is 1. The van der Waals surface area contributed by atoms with E-state index < -0.39 is 0 Å². The predicted octanol–water partition coefficient (Wildman–Crippen LogP) is 4.91. The van der Waals surface area contributed by atoms with Crippen molar-refractivity contribution in [1.82, 2.24) is 14.3 Å². The average Bonchev–Trinajstić information content (AvgIpc) is 3.54. The Bertz CT molecular complexity index is 1280. The third kappa shape index (κ3) is 4.29. The number of hydrogen-bond acceptors (Lipinski definition) is 5. The Kier molecular flexibility index (Phi) is 6.08. The molecule has 0 saturated carbocycles. The van der Waals surface area contributed by atoms with Crippen LogP contribution in [0, 0.1) is 0 Å². The Labute approximate surface area is 198 Å². The molecule has 1 fully saturated rings. The number of aromatic nitrogens is 2. The lowest BCUT2D eigenvalue weighted by Crippen LogP contribution is -2.30. The van der Waals surface area contributed by atoms with Crippen LogP contribution in [0.15, 0.2) is 73.1 Å². The van der Waals surface area contributed by atoms with Gasteiger partial charge in [-0.2, -0.15) is 0 Å². The first-order chi connectivity index (χ1) is 16.7. The van der Waals surface area contributed by atoms with E-state index >= 15 is 0 Å². The van der Waals surface area contributed by atoms with Crippen LogP contribution in [-0.2, 0) is 6.61 Å². The Morgan fingerprint density at radius 1 is 1.03 bits per heavy atom. The molecule has 0 bridgehead atoms. The van der Waals surface area contributed by atoms with Crippen LogP contribution in [0.1, 0.15) is 40.5 Å². The summed E-state index contributed by atoms with van der Waals surface area (Å²) in [5.74, 6) is 2.08. The zero-order valence-corrected chi connectivity index (χ0v) is 19.3. The number of rotatable bonds is 7. The SMILES string of the molecule is COc1ccc(C2CCCN2C(=O)c2cccc(OCc3cn4ccccc4n3)c2)c(OC)c1. The molecule has 1 atom stereocenters. The van der Waals surface area contributed by atoms with Gasteiger partial charge in [-0.3, -0.25) is 4.79 Å². The summed E-state index contributed by atoms with van der Waals surface area (Å²) in [5, 5.41) is 0. The molecule has 5 rings (SSSR count). The minimum absolute atomic E-state index is 0.0152. The summed E-state index contributed by atoms with van der Waals surface area (Å²) in [6.45, 7) is 1.03. The number of fused-ring (bicyclic) bond motifs is 1. The van der Waals surface area contributed by atoms with Gasteiger partial charge in [0.05, 0.1) is 26.0 Å². The highest BCUT2D eigenvalue weighted by Gasteiger charge is 2.32. The third-order valence-corrected chi connectivity index (χ3v) is 6.19. The molecule has 0 radical (unpaired) electrons. The van der Waals surface area contributed by atoms with Crippen LogP contribution in [0.5, 0.6) is 17.2 Å². The zero-order chi connectivity index (χ0) is 23.5. The molecule has 174 valence electrons. The second-order valence-corrected chi connectivity index (χ2v) is 8.28. The second kappa shape index (κ2) is 9.47. The standard InChI is InChI=1S/C27H27N3O4/c1-32-21-11-12-23(25(16-21)33-2)24-9-6-14-30(24)27(31)19-7-5-8-22(15-19)34-18-20-17-29-13-4-3-10-26(29)28-20/h3-5,7-8,10-13,15-17,24H,6,9,14,18H2,1-2H3. The van der Waals surface area contributed by atoms with Gasteiger partial charge >= 0.3 is 0 Å². The number of benzene rings is 2. The fourth-order valence-corrected chi connectivity index (χ4v) is 4.53. The molecule has 34 heavy (non-hydrogen) atoms. The average molecular weight is 458 g/mol. The summed E-state index contributed by atoms with van der Waals surface area (Å²) >= 11 is 0. The lowest BCUT2D eigenvalue weighted by molar-refractivity contribution is 0.0733. The molecular formula is C27H27N3O4. The van der Waals surface area contributed by atoms with E-state index in [0.717, 1.165) is 41.2 Å². The van der Waals surface area contributed by atoms with Gasteiger partial charge in [-0.25, -0.2) is 4.98 Å². The first-order valence-corrected chi connectivity index (χ1v) is 11.3. The van der Waals surface area contributed by atoms with Crippen LogP contribution in [0.4, 0.5) is 0 Å². The first kappa shape index (κ1) is 21.8. The Balaban J connectivity index is 1.32. The molecule has 0 spiro atoms. The number of nitrogens with zero attached hydrogens (tertiary/aromatic N) is 3. The van der Waals surface area contributed by atoms with Crippen LogP contribution >= 0.6 is 0 Å². The van der Waals surface area contributed by atoms with E-state index in [1.54, 1.807) is 20.3 Å². The molecule has 1 aliphatic heterocycles. The normalized spacial score (nSPS) is 15.5. The van der Waals surface area contributed by atoms with Gasteiger partial charge in [0.25, 0.3) is 5.91 Å². The van der Waals surface area contributed by atoms with Crippen molar-refractivity contribution in [3.05, 3.63) is 89.9 Å². The molecule has 3 heterocycles. The molecule has 2 aromatic carbocycles. The predicted molar refractivity (Wildman–Crippen MR) is 129 cm³/mol. The number of likely N-dealkylation sites (tertiary alicyclic amines) is 1. The second-order valence-electron chi connectivity index (χ2n) is 8.28. The van der Waals surface area contributed by atoms with Gasteiger partial charge in [-0.15, -0.1) is 0 Å². The Morgan fingerprint density at radius 2 is 1.94 bits per heavy atom. The minimum atomic E-state index is -0.0455. The molecule has 0 N–H and O–H groups in total. The maximum absolute atomic E-state index is 13.5. The number of imidazole rings is 1. The van der Waals surface area contributed by atoms with Crippen molar-refractivity contribution in [3.63, 3.8) is 0 Å². The molecule has 1 unspecified atom stereocenters. The highest BCUT2D eigenvalue weighted by atomic mass is 16.5. The quantitative estimate of drug-likeness (QED) is 0.395. The molecule has 2 aromatic heterocycles. The highest BCUT2D eigenvalue weighted by Crippen LogP contribution is 2.39. The van der Waals surface area contributed by atoms with Crippen molar-refractivity contribution >= 4 is 11.6 Å². The van der Waals surface area contributed by atoms with E-state index in [1.165, 1.54) is 0 Å². The monoisotopic (exact) mass is 457 g/mol. The van der Waals surface area contributed by atoms with Crippen LogP contribution < -0.4 is 14.2 Å². The van der Waals surface area contributed by atoms with Crippen molar-refractivity contribution in [2.45, 2.75) is 25.5 Å². The van der Waals surface area contributed by atoms with Gasteiger partial charge in [0.15, 0.2) is 0 Å². The largest absolute Gasteiger partial charge is 0.497 e. The first-order valence-electron chi connectivity index (χ1n) is 11.3. The molecule has 1 saturated heterocycles. The molecule has 4 aromatic rings. The molecular weight excluding hydrogens is 430 g/mol. The van der Waals surface area contributed by atoms with Crippen LogP contribution in [-0.4, -0.2) is 41.0 Å². The van der Waals surface area contributed by atoms with E-state index in [2.05, 4.69) is 4.98 Å². The van der Waals surface area contributed by atoms with Crippen molar-refractivity contribution < 1.29 is 19.0 Å². The van der Waals surface area contributed by atoms with Gasteiger partial charge in [0, 0.05) is 36.1 Å². The summed E-state index contributed by atoms with van der Waals surface area (Å²) in [4.78, 5) is 20.0. The number of hydrogen-bond donors (Lipinski definition) is 0. The van der Waals surface area contributed by atoms with Crippen LogP contribution in [0.3, 0.4) is 0 Å². The number of ether oxygens (including phenoxy) is 3. The lowest BCUT2D eigenvalue weighted by Gasteiger charge is -2.27. The number of amides is 1. The van der Waals surface area contributed by atoms with Gasteiger partial charge in [0.2, 0.25) is 0 Å². The minimum Gasteiger partial charge on any atom is -0.497 e. The van der Waals surface area contributed by atoms with E-state index in [-0.39, 0.29) is 11.9 Å². The summed E-state index contributed by atoms with van der Waals surface area (Å²) in [5.41, 5.74) is 3.30. The van der Waals surface area contributed by atoms with Crippen LogP contribution in [0.2, 0.25) is 0 Å². The maximum atomic E-state index is 13.5. The number of carbonyl (C=O) groups is 1. The Hall–Kier alpha value is -4.00. The van der Waals surface area contributed by atoms with E-state index in [1.807, 2.05) is 76.3 Å².